The zero-order valence-corrected chi connectivity index (χ0v) is 14.9. The highest BCUT2D eigenvalue weighted by molar-refractivity contribution is 6.13. The zero-order chi connectivity index (χ0) is 18.8. The molecule has 0 heterocycles. The second kappa shape index (κ2) is 10.1. The molecule has 1 amide bonds. The van der Waals surface area contributed by atoms with Gasteiger partial charge in [-0.1, -0.05) is 6.08 Å². The Kier molecular flexibility index (Phi) is 8.18. The number of hydrogen-bond donors (Lipinski definition) is 0. The van der Waals surface area contributed by atoms with Gasteiger partial charge in [-0.2, -0.15) is 0 Å². The number of methoxy groups -OCH3 is 1. The summed E-state index contributed by atoms with van der Waals surface area (Å²) in [5, 5.41) is 0. The van der Waals surface area contributed by atoms with Gasteiger partial charge in [0.2, 0.25) is 6.04 Å². The van der Waals surface area contributed by atoms with E-state index in [2.05, 4.69) is 0 Å². The molecule has 0 atom stereocenters. The van der Waals surface area contributed by atoms with Crippen molar-refractivity contribution >= 4 is 23.5 Å². The van der Waals surface area contributed by atoms with Crippen LogP contribution in [0.15, 0.2) is 36.4 Å². The van der Waals surface area contributed by atoms with Gasteiger partial charge in [0.1, 0.15) is 5.75 Å². The molecule has 7 heteroatoms. The van der Waals surface area contributed by atoms with Gasteiger partial charge in [-0.3, -0.25) is 9.69 Å². The van der Waals surface area contributed by atoms with Crippen LogP contribution in [0.3, 0.4) is 0 Å². The maximum absolute atomic E-state index is 12.5. The molecule has 0 saturated heterocycles. The summed E-state index contributed by atoms with van der Waals surface area (Å²) in [7, 11) is 1.51. The monoisotopic (exact) mass is 349 g/mol. The summed E-state index contributed by atoms with van der Waals surface area (Å²) in [6, 6.07) is 4.87. The molecular weight excluding hydrogens is 326 g/mol. The zero-order valence-electron chi connectivity index (χ0n) is 14.9. The van der Waals surface area contributed by atoms with Gasteiger partial charge in [-0.25, -0.2) is 9.59 Å². The van der Waals surface area contributed by atoms with Gasteiger partial charge >= 0.3 is 11.9 Å². The van der Waals surface area contributed by atoms with E-state index >= 15 is 0 Å². The summed E-state index contributed by atoms with van der Waals surface area (Å²) in [6.07, 6.45) is 2.78. The summed E-state index contributed by atoms with van der Waals surface area (Å²) in [5.41, 5.74) is 0.343. The fourth-order valence-electron chi connectivity index (χ4n) is 2.12. The molecule has 0 saturated carbocycles. The van der Waals surface area contributed by atoms with E-state index in [4.69, 9.17) is 14.2 Å². The number of nitrogens with zero attached hydrogens (tertiary/aromatic N) is 1. The average Bonchev–Trinajstić information content (AvgIpc) is 2.60. The van der Waals surface area contributed by atoms with E-state index in [1.807, 2.05) is 0 Å². The van der Waals surface area contributed by atoms with E-state index in [1.54, 1.807) is 45.0 Å². The number of ether oxygens (including phenoxy) is 3. The van der Waals surface area contributed by atoms with E-state index in [-0.39, 0.29) is 13.2 Å². The maximum Gasteiger partial charge on any atom is 0.341 e. The Hall–Kier alpha value is -2.83. The minimum absolute atomic E-state index is 0.0724. The summed E-state index contributed by atoms with van der Waals surface area (Å²) in [5.74, 6) is -1.67. The molecule has 0 N–H and O–H groups in total. The van der Waals surface area contributed by atoms with Crippen molar-refractivity contribution in [3.63, 3.8) is 0 Å². The van der Waals surface area contributed by atoms with Crippen molar-refractivity contribution in [2.75, 3.05) is 25.2 Å². The van der Waals surface area contributed by atoms with Gasteiger partial charge in [0, 0.05) is 5.69 Å². The fourth-order valence-corrected chi connectivity index (χ4v) is 2.12. The molecule has 0 radical (unpaired) electrons. The van der Waals surface area contributed by atoms with Crippen LogP contribution in [-0.4, -0.2) is 44.2 Å². The van der Waals surface area contributed by atoms with Crippen molar-refractivity contribution < 1.29 is 28.6 Å². The molecule has 0 aromatic heterocycles. The molecule has 0 bridgehead atoms. The van der Waals surface area contributed by atoms with Gasteiger partial charge in [0.15, 0.2) is 0 Å². The van der Waals surface area contributed by atoms with Crippen LogP contribution in [0.4, 0.5) is 5.69 Å². The molecule has 1 aromatic rings. The Morgan fingerprint density at radius 1 is 1.04 bits per heavy atom. The molecule has 0 aliphatic carbocycles. The van der Waals surface area contributed by atoms with Crippen molar-refractivity contribution in [1.82, 2.24) is 0 Å². The number of esters is 2. The normalized spacial score (nSPS) is 10.6. The number of carbonyl (C=O) groups excluding carboxylic acids is 3. The summed E-state index contributed by atoms with van der Waals surface area (Å²) in [4.78, 5) is 38.3. The number of carbonyl (C=O) groups is 3. The largest absolute Gasteiger partial charge is 0.497 e. The SMILES string of the molecule is C/C=C/C(=O)N(c1ccc(OC)cc1)C(C(=O)OCC)C(=O)OCC. The lowest BCUT2D eigenvalue weighted by Crippen LogP contribution is -2.51. The molecule has 0 aliphatic heterocycles. The molecule has 1 rings (SSSR count). The first kappa shape index (κ1) is 20.2. The molecule has 25 heavy (non-hydrogen) atoms. The number of anilines is 1. The van der Waals surface area contributed by atoms with Gasteiger partial charge in [-0.05, 0) is 51.1 Å². The first-order valence-corrected chi connectivity index (χ1v) is 7.93. The number of amides is 1. The van der Waals surface area contributed by atoms with Crippen LogP contribution in [0, 0.1) is 0 Å². The maximum atomic E-state index is 12.5. The predicted octanol–water partition coefficient (Wildman–Crippen LogP) is 2.10. The molecule has 0 fully saturated rings. The number of benzene rings is 1. The van der Waals surface area contributed by atoms with Crippen molar-refractivity contribution in [1.29, 1.82) is 0 Å². The van der Waals surface area contributed by atoms with Crippen LogP contribution >= 0.6 is 0 Å². The summed E-state index contributed by atoms with van der Waals surface area (Å²) >= 11 is 0. The minimum atomic E-state index is -1.53. The van der Waals surface area contributed by atoms with Crippen molar-refractivity contribution in [3.05, 3.63) is 36.4 Å². The smallest absolute Gasteiger partial charge is 0.341 e. The van der Waals surface area contributed by atoms with E-state index in [0.717, 1.165) is 4.90 Å². The van der Waals surface area contributed by atoms with Crippen LogP contribution in [0.2, 0.25) is 0 Å². The van der Waals surface area contributed by atoms with Crippen molar-refractivity contribution in [2.45, 2.75) is 26.8 Å². The van der Waals surface area contributed by atoms with Gasteiger partial charge in [-0.15, -0.1) is 0 Å². The molecule has 0 spiro atoms. The second-order valence-electron chi connectivity index (χ2n) is 4.81. The Labute approximate surface area is 147 Å². The highest BCUT2D eigenvalue weighted by Gasteiger charge is 2.39. The van der Waals surface area contributed by atoms with Crippen LogP contribution in [0.1, 0.15) is 20.8 Å². The summed E-state index contributed by atoms with van der Waals surface area (Å²) in [6.45, 7) is 5.04. The van der Waals surface area contributed by atoms with E-state index in [1.165, 1.54) is 19.3 Å². The predicted molar refractivity (Wildman–Crippen MR) is 92.3 cm³/mol. The molecule has 7 nitrogen and oxygen atoms in total. The topological polar surface area (TPSA) is 82.1 Å². The first-order valence-electron chi connectivity index (χ1n) is 7.93. The fraction of sp³-hybridized carbons (Fsp3) is 0.389. The van der Waals surface area contributed by atoms with Crippen LogP contribution in [0.25, 0.3) is 0 Å². The van der Waals surface area contributed by atoms with Crippen LogP contribution in [-0.2, 0) is 23.9 Å². The van der Waals surface area contributed by atoms with Gasteiger partial charge < -0.3 is 14.2 Å². The summed E-state index contributed by atoms with van der Waals surface area (Å²) < 4.78 is 15.0. The number of allylic oxidation sites excluding steroid dienone is 1. The lowest BCUT2D eigenvalue weighted by atomic mass is 10.2. The van der Waals surface area contributed by atoms with E-state index in [0.29, 0.717) is 11.4 Å². The quantitative estimate of drug-likeness (QED) is 0.406. The molecule has 136 valence electrons. The highest BCUT2D eigenvalue weighted by atomic mass is 16.6. The third kappa shape index (κ3) is 5.34. The Balaban J connectivity index is 3.38. The van der Waals surface area contributed by atoms with Gasteiger partial charge in [0.05, 0.1) is 20.3 Å². The van der Waals surface area contributed by atoms with Crippen LogP contribution in [0.5, 0.6) is 5.75 Å². The number of rotatable bonds is 8. The highest BCUT2D eigenvalue weighted by Crippen LogP contribution is 2.23. The lowest BCUT2D eigenvalue weighted by Gasteiger charge is -2.28. The second-order valence-corrected chi connectivity index (χ2v) is 4.81. The molecule has 0 aliphatic rings. The number of hydrogen-bond acceptors (Lipinski definition) is 6. The molecular formula is C18H23NO6. The average molecular weight is 349 g/mol. The molecule has 0 unspecified atom stereocenters. The Morgan fingerprint density at radius 3 is 1.96 bits per heavy atom. The minimum Gasteiger partial charge on any atom is -0.497 e. The third-order valence-corrected chi connectivity index (χ3v) is 3.18. The van der Waals surface area contributed by atoms with Crippen LogP contribution < -0.4 is 9.64 Å². The Morgan fingerprint density at radius 2 is 1.56 bits per heavy atom. The first-order chi connectivity index (χ1) is 12.0. The lowest BCUT2D eigenvalue weighted by molar-refractivity contribution is -0.157. The Bertz CT molecular complexity index is 605. The van der Waals surface area contributed by atoms with Gasteiger partial charge in [0.25, 0.3) is 5.91 Å². The van der Waals surface area contributed by atoms with E-state index < -0.39 is 23.9 Å². The van der Waals surface area contributed by atoms with E-state index in [9.17, 15) is 14.4 Å². The van der Waals surface area contributed by atoms with Crippen molar-refractivity contribution in [3.8, 4) is 5.75 Å². The third-order valence-electron chi connectivity index (χ3n) is 3.18. The standard InChI is InChI=1S/C18H23NO6/c1-5-8-15(20)19(13-9-11-14(23-4)12-10-13)16(17(21)24-6-2)18(22)25-7-3/h5,8-12,16H,6-7H2,1-4H3/b8-5+. The molecule has 1 aromatic carbocycles. The van der Waals surface area contributed by atoms with Crippen molar-refractivity contribution in [2.24, 2.45) is 0 Å².